The van der Waals surface area contributed by atoms with E-state index in [9.17, 15) is 4.39 Å². The Balaban J connectivity index is 2.52. The molecule has 15 heavy (non-hydrogen) atoms. The van der Waals surface area contributed by atoms with E-state index in [2.05, 4.69) is 9.97 Å². The van der Waals surface area contributed by atoms with Gasteiger partial charge in [-0.2, -0.15) is 5.26 Å². The molecule has 0 aliphatic heterocycles. The van der Waals surface area contributed by atoms with Crippen molar-refractivity contribution >= 4 is 0 Å². The van der Waals surface area contributed by atoms with Crippen LogP contribution in [0, 0.1) is 17.1 Å². The second-order valence-corrected chi connectivity index (χ2v) is 2.93. The second kappa shape index (κ2) is 3.84. The molecule has 1 aromatic heterocycles. The minimum atomic E-state index is -0.516. The Morgan fingerprint density at radius 3 is 2.53 bits per heavy atom. The van der Waals surface area contributed by atoms with E-state index in [1.807, 2.05) is 0 Å². The molecule has 0 spiro atoms. The predicted octanol–water partition coefficient (Wildman–Crippen LogP) is 2.15. The van der Waals surface area contributed by atoms with Crippen LogP contribution in [0.2, 0.25) is 0 Å². The SMILES string of the molecule is N#Cc1cc(-c2cncnc2)ccc1F. The molecule has 0 N–H and O–H groups in total. The summed E-state index contributed by atoms with van der Waals surface area (Å²) in [5.41, 5.74) is 1.51. The van der Waals surface area contributed by atoms with Gasteiger partial charge in [-0.05, 0) is 17.7 Å². The Morgan fingerprint density at radius 1 is 1.13 bits per heavy atom. The molecule has 1 aromatic carbocycles. The predicted molar refractivity (Wildman–Crippen MR) is 52.1 cm³/mol. The monoisotopic (exact) mass is 199 g/mol. The van der Waals surface area contributed by atoms with Gasteiger partial charge in [-0.15, -0.1) is 0 Å². The highest BCUT2D eigenvalue weighted by Gasteiger charge is 2.04. The fraction of sp³-hybridized carbons (Fsp3) is 0. The van der Waals surface area contributed by atoms with E-state index in [0.717, 1.165) is 11.1 Å². The van der Waals surface area contributed by atoms with Crippen LogP contribution in [-0.4, -0.2) is 9.97 Å². The van der Waals surface area contributed by atoms with Gasteiger partial charge < -0.3 is 0 Å². The third kappa shape index (κ3) is 1.81. The summed E-state index contributed by atoms with van der Waals surface area (Å²) < 4.78 is 13.0. The third-order valence-corrected chi connectivity index (χ3v) is 1.98. The number of hydrogen-bond donors (Lipinski definition) is 0. The van der Waals surface area contributed by atoms with Crippen LogP contribution in [0.1, 0.15) is 5.56 Å². The van der Waals surface area contributed by atoms with Gasteiger partial charge in [-0.25, -0.2) is 14.4 Å². The van der Waals surface area contributed by atoms with Crippen molar-refractivity contribution in [1.82, 2.24) is 9.97 Å². The van der Waals surface area contributed by atoms with Crippen molar-refractivity contribution in [3.63, 3.8) is 0 Å². The lowest BCUT2D eigenvalue weighted by Gasteiger charge is -2.00. The van der Waals surface area contributed by atoms with Crippen LogP contribution in [0.4, 0.5) is 4.39 Å². The summed E-state index contributed by atoms with van der Waals surface area (Å²) in [5.74, 6) is -0.516. The maximum absolute atomic E-state index is 13.0. The summed E-state index contributed by atoms with van der Waals surface area (Å²) >= 11 is 0. The van der Waals surface area contributed by atoms with Gasteiger partial charge in [0.2, 0.25) is 0 Å². The van der Waals surface area contributed by atoms with Gasteiger partial charge >= 0.3 is 0 Å². The first-order chi connectivity index (χ1) is 7.31. The fourth-order valence-corrected chi connectivity index (χ4v) is 1.24. The van der Waals surface area contributed by atoms with Crippen molar-refractivity contribution in [2.45, 2.75) is 0 Å². The molecule has 4 heteroatoms. The van der Waals surface area contributed by atoms with Gasteiger partial charge in [0.1, 0.15) is 18.2 Å². The van der Waals surface area contributed by atoms with Crippen LogP contribution in [0.3, 0.4) is 0 Å². The van der Waals surface area contributed by atoms with Crippen molar-refractivity contribution in [2.24, 2.45) is 0 Å². The molecule has 0 unspecified atom stereocenters. The molecule has 0 bridgehead atoms. The van der Waals surface area contributed by atoms with Crippen LogP contribution in [0.5, 0.6) is 0 Å². The average molecular weight is 199 g/mol. The Kier molecular flexibility index (Phi) is 2.38. The molecule has 72 valence electrons. The number of rotatable bonds is 1. The van der Waals surface area contributed by atoms with Crippen LogP contribution in [0.15, 0.2) is 36.9 Å². The summed E-state index contributed by atoms with van der Waals surface area (Å²) in [4.78, 5) is 7.70. The van der Waals surface area contributed by atoms with Gasteiger partial charge in [0.25, 0.3) is 0 Å². The van der Waals surface area contributed by atoms with Gasteiger partial charge in [-0.3, -0.25) is 0 Å². The molecule has 0 fully saturated rings. The Labute approximate surface area is 85.9 Å². The highest BCUT2D eigenvalue weighted by molar-refractivity contribution is 5.63. The van der Waals surface area contributed by atoms with Crippen LogP contribution >= 0.6 is 0 Å². The molecule has 2 rings (SSSR count). The largest absolute Gasteiger partial charge is 0.244 e. The summed E-state index contributed by atoms with van der Waals surface area (Å²) in [6.45, 7) is 0. The molecule has 0 radical (unpaired) electrons. The average Bonchev–Trinajstić information content (AvgIpc) is 2.31. The van der Waals surface area contributed by atoms with E-state index < -0.39 is 5.82 Å². The maximum atomic E-state index is 13.0. The standard InChI is InChI=1S/C11H6FN3/c12-11-2-1-8(3-9(11)4-13)10-5-14-7-15-6-10/h1-3,5-7H. The van der Waals surface area contributed by atoms with Crippen LogP contribution in [-0.2, 0) is 0 Å². The summed E-state index contributed by atoms with van der Waals surface area (Å²) in [5, 5.41) is 8.67. The molecule has 0 saturated carbocycles. The smallest absolute Gasteiger partial charge is 0.140 e. The number of aromatic nitrogens is 2. The first-order valence-corrected chi connectivity index (χ1v) is 4.26. The quantitative estimate of drug-likeness (QED) is 0.707. The fourth-order valence-electron chi connectivity index (χ4n) is 1.24. The molecule has 3 nitrogen and oxygen atoms in total. The number of nitrogens with zero attached hydrogens (tertiary/aromatic N) is 3. The summed E-state index contributed by atoms with van der Waals surface area (Å²) in [7, 11) is 0. The zero-order chi connectivity index (χ0) is 10.7. The maximum Gasteiger partial charge on any atom is 0.140 e. The van der Waals surface area contributed by atoms with Gasteiger partial charge in [0.05, 0.1) is 5.56 Å². The van der Waals surface area contributed by atoms with Crippen LogP contribution in [0.25, 0.3) is 11.1 Å². The van der Waals surface area contributed by atoms with Crippen molar-refractivity contribution in [1.29, 1.82) is 5.26 Å². The molecule has 0 amide bonds. The van der Waals surface area contributed by atoms with Crippen molar-refractivity contribution in [3.8, 4) is 17.2 Å². The highest BCUT2D eigenvalue weighted by Crippen LogP contribution is 2.19. The number of hydrogen-bond acceptors (Lipinski definition) is 3. The Bertz CT molecular complexity index is 517. The summed E-state index contributed by atoms with van der Waals surface area (Å²) in [6.07, 6.45) is 4.64. The lowest BCUT2D eigenvalue weighted by Crippen LogP contribution is -1.86. The number of benzene rings is 1. The normalized spacial score (nSPS) is 9.60. The topological polar surface area (TPSA) is 49.6 Å². The second-order valence-electron chi connectivity index (χ2n) is 2.93. The lowest BCUT2D eigenvalue weighted by atomic mass is 10.1. The van der Waals surface area contributed by atoms with E-state index in [-0.39, 0.29) is 5.56 Å². The van der Waals surface area contributed by atoms with Crippen LogP contribution < -0.4 is 0 Å². The molecule has 1 heterocycles. The zero-order valence-electron chi connectivity index (χ0n) is 7.68. The Morgan fingerprint density at radius 2 is 1.87 bits per heavy atom. The number of halogens is 1. The van der Waals surface area contributed by atoms with Gasteiger partial charge in [0.15, 0.2) is 0 Å². The zero-order valence-corrected chi connectivity index (χ0v) is 7.68. The van der Waals surface area contributed by atoms with E-state index in [0.29, 0.717) is 0 Å². The van der Waals surface area contributed by atoms with E-state index in [1.54, 1.807) is 24.5 Å². The van der Waals surface area contributed by atoms with E-state index in [4.69, 9.17) is 5.26 Å². The molecule has 0 aliphatic rings. The van der Waals surface area contributed by atoms with Crippen molar-refractivity contribution in [2.75, 3.05) is 0 Å². The lowest BCUT2D eigenvalue weighted by molar-refractivity contribution is 0.624. The first-order valence-electron chi connectivity index (χ1n) is 4.26. The Hall–Kier alpha value is -2.28. The van der Waals surface area contributed by atoms with Gasteiger partial charge in [0, 0.05) is 18.0 Å². The molecule has 0 aliphatic carbocycles. The van der Waals surface area contributed by atoms with Crippen molar-refractivity contribution < 1.29 is 4.39 Å². The van der Waals surface area contributed by atoms with E-state index >= 15 is 0 Å². The molecule has 0 atom stereocenters. The minimum Gasteiger partial charge on any atom is -0.244 e. The molecule has 0 saturated heterocycles. The van der Waals surface area contributed by atoms with Gasteiger partial charge in [-0.1, -0.05) is 6.07 Å². The minimum absolute atomic E-state index is 0.0244. The number of nitriles is 1. The highest BCUT2D eigenvalue weighted by atomic mass is 19.1. The van der Waals surface area contributed by atoms with Crippen molar-refractivity contribution in [3.05, 3.63) is 48.3 Å². The molecular formula is C11H6FN3. The first kappa shape index (κ1) is 9.28. The molecule has 2 aromatic rings. The molecular weight excluding hydrogens is 193 g/mol. The summed E-state index contributed by atoms with van der Waals surface area (Å²) in [6, 6.07) is 6.13. The van der Waals surface area contributed by atoms with E-state index in [1.165, 1.54) is 18.5 Å². The third-order valence-electron chi connectivity index (χ3n) is 1.98.